The summed E-state index contributed by atoms with van der Waals surface area (Å²) in [5, 5.41) is -0.171. The molecule has 13 heavy (non-hydrogen) atoms. The quantitative estimate of drug-likeness (QED) is 0.573. The summed E-state index contributed by atoms with van der Waals surface area (Å²) < 4.78 is -1.71. The standard InChI is InChI=1S/C6H2Cl5NO/c7-4-2(13)1-3(6(9,10)11)12-5(4)8/h1H,(H,12,13). The molecule has 0 unspecified atom stereocenters. The van der Waals surface area contributed by atoms with Crippen molar-refractivity contribution in [3.05, 3.63) is 32.2 Å². The summed E-state index contributed by atoms with van der Waals surface area (Å²) in [7, 11) is 0. The maximum atomic E-state index is 11.1. The topological polar surface area (TPSA) is 32.9 Å². The first-order valence-electron chi connectivity index (χ1n) is 2.98. The van der Waals surface area contributed by atoms with Crippen LogP contribution in [0.4, 0.5) is 0 Å². The van der Waals surface area contributed by atoms with Crippen LogP contribution in [-0.4, -0.2) is 4.98 Å². The molecule has 0 radical (unpaired) electrons. The fourth-order valence-corrected chi connectivity index (χ4v) is 1.27. The van der Waals surface area contributed by atoms with Crippen molar-refractivity contribution in [1.29, 1.82) is 0 Å². The second kappa shape index (κ2) is 3.87. The Labute approximate surface area is 98.7 Å². The van der Waals surface area contributed by atoms with E-state index in [0.29, 0.717) is 0 Å². The van der Waals surface area contributed by atoms with Crippen LogP contribution in [0.2, 0.25) is 10.2 Å². The third kappa shape index (κ3) is 2.67. The molecule has 1 N–H and O–H groups in total. The minimum absolute atomic E-state index is 0.0458. The molecule has 72 valence electrons. The zero-order valence-electron chi connectivity index (χ0n) is 5.88. The lowest BCUT2D eigenvalue weighted by Crippen LogP contribution is -2.11. The number of H-pyrrole nitrogens is 1. The maximum Gasteiger partial charge on any atom is 0.230 e. The van der Waals surface area contributed by atoms with Crippen LogP contribution in [-0.2, 0) is 3.79 Å². The number of nitrogens with one attached hydrogen (secondary N) is 1. The summed E-state index contributed by atoms with van der Waals surface area (Å²) in [5.41, 5.74) is -0.413. The van der Waals surface area contributed by atoms with Crippen molar-refractivity contribution in [2.45, 2.75) is 3.79 Å². The van der Waals surface area contributed by atoms with Gasteiger partial charge in [-0.1, -0.05) is 58.0 Å². The highest BCUT2D eigenvalue weighted by atomic mass is 35.6. The van der Waals surface area contributed by atoms with Gasteiger partial charge < -0.3 is 4.98 Å². The minimum Gasteiger partial charge on any atom is -0.345 e. The lowest BCUT2D eigenvalue weighted by Gasteiger charge is -2.11. The van der Waals surface area contributed by atoms with Crippen molar-refractivity contribution in [1.82, 2.24) is 4.98 Å². The van der Waals surface area contributed by atoms with Crippen molar-refractivity contribution >= 4 is 58.0 Å². The Balaban J connectivity index is 3.38. The summed E-state index contributed by atoms with van der Waals surface area (Å²) in [5.74, 6) is 0. The Kier molecular flexibility index (Phi) is 3.42. The Bertz CT molecular complexity index is 380. The number of halogens is 5. The Hall–Kier alpha value is 0.400. The van der Waals surface area contributed by atoms with Crippen molar-refractivity contribution < 1.29 is 0 Å². The Morgan fingerprint density at radius 2 is 1.77 bits per heavy atom. The first-order chi connectivity index (χ1) is 5.82. The van der Waals surface area contributed by atoms with Crippen molar-refractivity contribution in [2.75, 3.05) is 0 Å². The van der Waals surface area contributed by atoms with E-state index in [4.69, 9.17) is 58.0 Å². The highest BCUT2D eigenvalue weighted by molar-refractivity contribution is 6.66. The summed E-state index contributed by atoms with van der Waals surface area (Å²) in [6, 6.07) is 1.08. The molecule has 0 amide bonds. The van der Waals surface area contributed by atoms with Gasteiger partial charge in [-0.3, -0.25) is 4.79 Å². The van der Waals surface area contributed by atoms with E-state index in [0.717, 1.165) is 6.07 Å². The molecular weight excluding hydrogens is 279 g/mol. The van der Waals surface area contributed by atoms with Gasteiger partial charge in [-0.25, -0.2) is 0 Å². The van der Waals surface area contributed by atoms with E-state index in [1.165, 1.54) is 0 Å². The highest BCUT2D eigenvalue weighted by Gasteiger charge is 2.25. The fraction of sp³-hybridized carbons (Fsp3) is 0.167. The number of alkyl halides is 3. The molecular formula is C6H2Cl5NO. The van der Waals surface area contributed by atoms with Crippen LogP contribution < -0.4 is 5.43 Å². The fourth-order valence-electron chi connectivity index (χ4n) is 0.665. The van der Waals surface area contributed by atoms with Crippen molar-refractivity contribution in [3.63, 3.8) is 0 Å². The normalized spacial score (nSPS) is 11.8. The molecule has 0 aliphatic rings. The number of hydrogen-bond acceptors (Lipinski definition) is 1. The van der Waals surface area contributed by atoms with Gasteiger partial charge >= 0.3 is 0 Å². The first kappa shape index (κ1) is 11.5. The molecule has 0 aliphatic carbocycles. The zero-order valence-corrected chi connectivity index (χ0v) is 9.66. The van der Waals surface area contributed by atoms with E-state index >= 15 is 0 Å². The van der Waals surface area contributed by atoms with Gasteiger partial charge in [0.15, 0.2) is 0 Å². The van der Waals surface area contributed by atoms with Crippen LogP contribution >= 0.6 is 58.0 Å². The maximum absolute atomic E-state index is 11.1. The Morgan fingerprint density at radius 1 is 1.23 bits per heavy atom. The van der Waals surface area contributed by atoms with E-state index in [2.05, 4.69) is 4.98 Å². The third-order valence-corrected chi connectivity index (χ3v) is 2.60. The lowest BCUT2D eigenvalue weighted by atomic mass is 10.4. The molecule has 0 saturated heterocycles. The van der Waals surface area contributed by atoms with Crippen molar-refractivity contribution in [3.8, 4) is 0 Å². The molecule has 0 aromatic carbocycles. The number of hydrogen-bond donors (Lipinski definition) is 1. The van der Waals surface area contributed by atoms with Gasteiger partial charge in [0.2, 0.25) is 9.22 Å². The van der Waals surface area contributed by atoms with Gasteiger partial charge in [0.05, 0.1) is 5.69 Å². The average molecular weight is 281 g/mol. The highest BCUT2D eigenvalue weighted by Crippen LogP contribution is 2.37. The molecule has 2 nitrogen and oxygen atoms in total. The van der Waals surface area contributed by atoms with Crippen LogP contribution in [0.15, 0.2) is 10.9 Å². The number of aromatic nitrogens is 1. The monoisotopic (exact) mass is 279 g/mol. The molecule has 0 bridgehead atoms. The summed E-state index contributed by atoms with van der Waals surface area (Å²) >= 11 is 27.6. The van der Waals surface area contributed by atoms with Crippen LogP contribution in [0.3, 0.4) is 0 Å². The molecule has 0 atom stereocenters. The Morgan fingerprint density at radius 3 is 2.15 bits per heavy atom. The zero-order chi connectivity index (χ0) is 10.2. The van der Waals surface area contributed by atoms with E-state index in [1.54, 1.807) is 0 Å². The number of rotatable bonds is 0. The van der Waals surface area contributed by atoms with Gasteiger partial charge in [-0.05, 0) is 0 Å². The van der Waals surface area contributed by atoms with Gasteiger partial charge in [0.1, 0.15) is 10.2 Å². The molecule has 0 saturated carbocycles. The van der Waals surface area contributed by atoms with E-state index in [9.17, 15) is 4.79 Å². The van der Waals surface area contributed by atoms with Gasteiger partial charge in [0, 0.05) is 6.07 Å². The summed E-state index contributed by atoms with van der Waals surface area (Å²) in [4.78, 5) is 13.6. The van der Waals surface area contributed by atoms with Gasteiger partial charge in [0.25, 0.3) is 0 Å². The third-order valence-electron chi connectivity index (χ3n) is 1.23. The predicted molar refractivity (Wildman–Crippen MR) is 56.3 cm³/mol. The molecule has 1 aromatic heterocycles. The second-order valence-corrected chi connectivity index (χ2v) is 5.21. The molecule has 1 rings (SSSR count). The second-order valence-electron chi connectivity index (χ2n) is 2.17. The van der Waals surface area contributed by atoms with Crippen LogP contribution in [0, 0.1) is 0 Å². The van der Waals surface area contributed by atoms with Crippen LogP contribution in [0.5, 0.6) is 0 Å². The largest absolute Gasteiger partial charge is 0.345 e. The molecule has 0 fully saturated rings. The molecule has 1 heterocycles. The first-order valence-corrected chi connectivity index (χ1v) is 4.87. The lowest BCUT2D eigenvalue weighted by molar-refractivity contribution is 1.08. The van der Waals surface area contributed by atoms with E-state index < -0.39 is 9.22 Å². The number of aromatic amines is 1. The summed E-state index contributed by atoms with van der Waals surface area (Å²) in [6.45, 7) is 0. The van der Waals surface area contributed by atoms with Crippen LogP contribution in [0.25, 0.3) is 0 Å². The molecule has 0 aliphatic heterocycles. The van der Waals surface area contributed by atoms with E-state index in [1.807, 2.05) is 0 Å². The van der Waals surface area contributed by atoms with E-state index in [-0.39, 0.29) is 15.9 Å². The molecule has 7 heteroatoms. The predicted octanol–water partition coefficient (Wildman–Crippen LogP) is 3.51. The summed E-state index contributed by atoms with van der Waals surface area (Å²) in [6.07, 6.45) is 0. The van der Waals surface area contributed by atoms with Crippen LogP contribution in [0.1, 0.15) is 5.69 Å². The smallest absolute Gasteiger partial charge is 0.230 e. The molecule has 1 aromatic rings. The SMILES string of the molecule is O=c1cc(C(Cl)(Cl)Cl)[nH]c(Cl)c1Cl. The minimum atomic E-state index is -1.71. The van der Waals surface area contributed by atoms with Gasteiger partial charge in [-0.2, -0.15) is 0 Å². The van der Waals surface area contributed by atoms with Gasteiger partial charge in [-0.15, -0.1) is 0 Å². The molecule has 0 spiro atoms. The average Bonchev–Trinajstić information content (AvgIpc) is 1.97. The van der Waals surface area contributed by atoms with Crippen molar-refractivity contribution in [2.24, 2.45) is 0 Å². The number of pyridine rings is 1.